The quantitative estimate of drug-likeness (QED) is 0.416. The first-order chi connectivity index (χ1) is 7.61. The number of unbranched alkanes of at least 4 members (excludes halogenated alkanes) is 1. The first-order valence-electron chi connectivity index (χ1n) is 4.81. The second-order valence-electron chi connectivity index (χ2n) is 3.05. The fourth-order valence-electron chi connectivity index (χ4n) is 0.943. The Kier molecular flexibility index (Phi) is 7.63. The van der Waals surface area contributed by atoms with Crippen molar-refractivity contribution in [1.82, 2.24) is 10.6 Å². The molecule has 0 radical (unpaired) electrons. The van der Waals surface area contributed by atoms with Crippen molar-refractivity contribution in [2.24, 2.45) is 0 Å². The van der Waals surface area contributed by atoms with Gasteiger partial charge < -0.3 is 20.5 Å². The van der Waals surface area contributed by atoms with E-state index in [-0.39, 0.29) is 6.61 Å². The molecule has 2 amide bonds. The summed E-state index contributed by atoms with van der Waals surface area (Å²) in [6.07, 6.45) is 6.26. The van der Waals surface area contributed by atoms with E-state index in [0.29, 0.717) is 19.4 Å². The Hall–Kier alpha value is -1.74. The van der Waals surface area contributed by atoms with Gasteiger partial charge in [-0.3, -0.25) is 0 Å². The van der Waals surface area contributed by atoms with Crippen LogP contribution >= 0.6 is 0 Å². The molecular formula is C10H16N2O4. The Morgan fingerprint density at radius 2 is 2.25 bits per heavy atom. The normalized spacial score (nSPS) is 11.2. The molecule has 0 fully saturated rings. The van der Waals surface area contributed by atoms with E-state index in [1.807, 2.05) is 0 Å². The minimum absolute atomic E-state index is 0.0763. The van der Waals surface area contributed by atoms with E-state index in [4.69, 9.17) is 11.5 Å². The largest absolute Gasteiger partial charge is 0.480 e. The van der Waals surface area contributed by atoms with Gasteiger partial charge in [-0.25, -0.2) is 9.59 Å². The minimum atomic E-state index is -1.14. The molecule has 0 aromatic heterocycles. The van der Waals surface area contributed by atoms with Crippen molar-refractivity contribution in [2.75, 3.05) is 20.3 Å². The van der Waals surface area contributed by atoms with E-state index in [1.54, 1.807) is 0 Å². The van der Waals surface area contributed by atoms with Crippen molar-refractivity contribution < 1.29 is 19.4 Å². The Morgan fingerprint density at radius 1 is 1.56 bits per heavy atom. The molecule has 0 rings (SSSR count). The number of carboxylic acid groups (broad SMARTS) is 1. The van der Waals surface area contributed by atoms with Crippen LogP contribution in [0.3, 0.4) is 0 Å². The molecule has 1 unspecified atom stereocenters. The molecule has 16 heavy (non-hydrogen) atoms. The maximum absolute atomic E-state index is 11.2. The summed E-state index contributed by atoms with van der Waals surface area (Å²) in [5.74, 6) is 1.30. The SMILES string of the molecule is C#CCCCNC(=O)NC(COC)C(=O)O. The monoisotopic (exact) mass is 228 g/mol. The zero-order valence-corrected chi connectivity index (χ0v) is 9.16. The summed E-state index contributed by atoms with van der Waals surface area (Å²) in [4.78, 5) is 21.9. The Morgan fingerprint density at radius 3 is 2.75 bits per heavy atom. The van der Waals surface area contributed by atoms with E-state index in [2.05, 4.69) is 21.3 Å². The van der Waals surface area contributed by atoms with E-state index < -0.39 is 18.0 Å². The highest BCUT2D eigenvalue weighted by Crippen LogP contribution is 1.87. The van der Waals surface area contributed by atoms with Gasteiger partial charge in [0.25, 0.3) is 0 Å². The summed E-state index contributed by atoms with van der Waals surface area (Å²) < 4.78 is 4.66. The molecule has 0 saturated carbocycles. The van der Waals surface area contributed by atoms with E-state index in [9.17, 15) is 9.59 Å². The average Bonchev–Trinajstić information content (AvgIpc) is 2.23. The molecule has 0 aliphatic heterocycles. The third-order valence-corrected chi connectivity index (χ3v) is 1.72. The number of methoxy groups -OCH3 is 1. The van der Waals surface area contributed by atoms with Gasteiger partial charge in [0.1, 0.15) is 0 Å². The van der Waals surface area contributed by atoms with Crippen molar-refractivity contribution in [1.29, 1.82) is 0 Å². The standard InChI is InChI=1S/C10H16N2O4/c1-3-4-5-6-11-10(15)12-8(7-16-2)9(13)14/h1,8H,4-7H2,2H3,(H,13,14)(H2,11,12,15). The van der Waals surface area contributed by atoms with Gasteiger partial charge in [-0.2, -0.15) is 0 Å². The summed E-state index contributed by atoms with van der Waals surface area (Å²) in [5.41, 5.74) is 0. The lowest BCUT2D eigenvalue weighted by Crippen LogP contribution is -2.48. The molecule has 0 aliphatic carbocycles. The molecule has 0 saturated heterocycles. The van der Waals surface area contributed by atoms with Crippen molar-refractivity contribution in [3.05, 3.63) is 0 Å². The number of nitrogens with one attached hydrogen (secondary N) is 2. The predicted molar refractivity (Wildman–Crippen MR) is 57.9 cm³/mol. The highest BCUT2D eigenvalue weighted by Gasteiger charge is 2.18. The number of carbonyl (C=O) groups is 2. The first-order valence-corrected chi connectivity index (χ1v) is 4.81. The maximum Gasteiger partial charge on any atom is 0.328 e. The molecule has 0 aliphatic rings. The summed E-state index contributed by atoms with van der Waals surface area (Å²) in [6.45, 7) is 0.336. The van der Waals surface area contributed by atoms with Gasteiger partial charge in [0.2, 0.25) is 0 Å². The van der Waals surface area contributed by atoms with Gasteiger partial charge >= 0.3 is 12.0 Å². The lowest BCUT2D eigenvalue weighted by atomic mass is 10.3. The zero-order chi connectivity index (χ0) is 12.4. The number of urea groups is 1. The number of carboxylic acids is 1. The lowest BCUT2D eigenvalue weighted by Gasteiger charge is -2.13. The second kappa shape index (κ2) is 8.56. The molecule has 6 heteroatoms. The second-order valence-corrected chi connectivity index (χ2v) is 3.05. The third-order valence-electron chi connectivity index (χ3n) is 1.72. The molecule has 0 aromatic carbocycles. The Bertz CT molecular complexity index is 272. The van der Waals surface area contributed by atoms with Gasteiger partial charge in [-0.05, 0) is 6.42 Å². The number of rotatable bonds is 7. The van der Waals surface area contributed by atoms with Crippen molar-refractivity contribution in [2.45, 2.75) is 18.9 Å². The van der Waals surface area contributed by atoms with Crippen LogP contribution in [0.2, 0.25) is 0 Å². The van der Waals surface area contributed by atoms with Crippen molar-refractivity contribution in [3.63, 3.8) is 0 Å². The zero-order valence-electron chi connectivity index (χ0n) is 9.16. The molecule has 0 spiro atoms. The maximum atomic E-state index is 11.2. The van der Waals surface area contributed by atoms with Crippen LogP contribution in [0.4, 0.5) is 4.79 Å². The summed E-state index contributed by atoms with van der Waals surface area (Å²) in [7, 11) is 1.36. The van der Waals surface area contributed by atoms with E-state index >= 15 is 0 Å². The summed E-state index contributed by atoms with van der Waals surface area (Å²) >= 11 is 0. The van der Waals surface area contributed by atoms with E-state index in [0.717, 1.165) is 0 Å². The smallest absolute Gasteiger partial charge is 0.328 e. The molecule has 0 bridgehead atoms. The minimum Gasteiger partial charge on any atom is -0.480 e. The number of carbonyl (C=O) groups excluding carboxylic acids is 1. The topological polar surface area (TPSA) is 87.7 Å². The van der Waals surface area contributed by atoms with Gasteiger partial charge in [0.15, 0.2) is 6.04 Å². The fraction of sp³-hybridized carbons (Fsp3) is 0.600. The molecule has 90 valence electrons. The van der Waals surface area contributed by atoms with E-state index in [1.165, 1.54) is 7.11 Å². The van der Waals surface area contributed by atoms with Crippen LogP contribution in [0.5, 0.6) is 0 Å². The molecule has 0 heterocycles. The highest BCUT2D eigenvalue weighted by molar-refractivity contribution is 5.82. The van der Waals surface area contributed by atoms with Gasteiger partial charge in [0, 0.05) is 20.1 Å². The number of terminal acetylenes is 1. The number of hydrogen-bond acceptors (Lipinski definition) is 3. The van der Waals surface area contributed by atoms with Gasteiger partial charge in [-0.1, -0.05) is 0 Å². The number of hydrogen-bond donors (Lipinski definition) is 3. The van der Waals surface area contributed by atoms with Crippen molar-refractivity contribution >= 4 is 12.0 Å². The number of aliphatic carboxylic acids is 1. The van der Waals surface area contributed by atoms with Crippen LogP contribution in [-0.2, 0) is 9.53 Å². The average molecular weight is 228 g/mol. The van der Waals surface area contributed by atoms with Crippen LogP contribution in [0.15, 0.2) is 0 Å². The van der Waals surface area contributed by atoms with Crippen LogP contribution in [-0.4, -0.2) is 43.4 Å². The highest BCUT2D eigenvalue weighted by atomic mass is 16.5. The van der Waals surface area contributed by atoms with Crippen molar-refractivity contribution in [3.8, 4) is 12.3 Å². The predicted octanol–water partition coefficient (Wildman–Crippen LogP) is -0.201. The van der Waals surface area contributed by atoms with Crippen LogP contribution in [0, 0.1) is 12.3 Å². The summed E-state index contributed by atoms with van der Waals surface area (Å²) in [6, 6.07) is -1.58. The first kappa shape index (κ1) is 14.3. The third kappa shape index (κ3) is 6.68. The molecular weight excluding hydrogens is 212 g/mol. The Labute approximate surface area is 94.4 Å². The lowest BCUT2D eigenvalue weighted by molar-refractivity contribution is -0.140. The Balaban J connectivity index is 3.83. The molecule has 3 N–H and O–H groups in total. The van der Waals surface area contributed by atoms with Gasteiger partial charge in [-0.15, -0.1) is 12.3 Å². The van der Waals surface area contributed by atoms with Crippen LogP contribution in [0.1, 0.15) is 12.8 Å². The van der Waals surface area contributed by atoms with Crippen LogP contribution in [0.25, 0.3) is 0 Å². The number of amides is 2. The van der Waals surface area contributed by atoms with Crippen LogP contribution < -0.4 is 10.6 Å². The summed E-state index contributed by atoms with van der Waals surface area (Å²) in [5, 5.41) is 13.5. The molecule has 1 atom stereocenters. The molecule has 0 aromatic rings. The molecule has 6 nitrogen and oxygen atoms in total. The van der Waals surface area contributed by atoms with Gasteiger partial charge in [0.05, 0.1) is 6.61 Å². The fourth-order valence-corrected chi connectivity index (χ4v) is 0.943. The number of ether oxygens (including phenoxy) is 1.